The van der Waals surface area contributed by atoms with Gasteiger partial charge in [-0.2, -0.15) is 4.31 Å². The van der Waals surface area contributed by atoms with Crippen molar-refractivity contribution in [1.29, 1.82) is 0 Å². The standard InChI is InChI=1S/C16H25N5O3S/c1-12-15(13(2)19-18-12)25(23,24)21-10-8-20(9-11-21)16(22)17-14-6-4-3-5-7-14/h3-7,12-13,15,18-19H,8-11H2,1-2H3,(H,17,22). The largest absolute Gasteiger partial charge is 0.322 e. The number of para-hydroxylation sites is 1. The van der Waals surface area contributed by atoms with Crippen LogP contribution >= 0.6 is 0 Å². The van der Waals surface area contributed by atoms with Crippen molar-refractivity contribution < 1.29 is 13.2 Å². The van der Waals surface area contributed by atoms with Crippen LogP contribution in [0.25, 0.3) is 0 Å². The fourth-order valence-electron chi connectivity index (χ4n) is 3.42. The Hall–Kier alpha value is -1.68. The zero-order chi connectivity index (χ0) is 18.0. The van der Waals surface area contributed by atoms with E-state index in [0.717, 1.165) is 5.69 Å². The maximum Gasteiger partial charge on any atom is 0.321 e. The highest BCUT2D eigenvalue weighted by Gasteiger charge is 2.44. The number of nitrogens with zero attached hydrogens (tertiary/aromatic N) is 2. The van der Waals surface area contributed by atoms with E-state index in [1.165, 1.54) is 4.31 Å². The maximum absolute atomic E-state index is 12.9. The summed E-state index contributed by atoms with van der Waals surface area (Å²) in [7, 11) is -3.42. The van der Waals surface area contributed by atoms with Gasteiger partial charge in [-0.05, 0) is 26.0 Å². The first-order chi connectivity index (χ1) is 11.9. The Morgan fingerprint density at radius 3 is 2.16 bits per heavy atom. The molecule has 138 valence electrons. The number of rotatable bonds is 3. The van der Waals surface area contributed by atoms with E-state index < -0.39 is 15.3 Å². The number of piperazine rings is 1. The summed E-state index contributed by atoms with van der Waals surface area (Å²) in [5.41, 5.74) is 6.71. The number of amides is 2. The number of hydrogen-bond donors (Lipinski definition) is 3. The summed E-state index contributed by atoms with van der Waals surface area (Å²) in [4.78, 5) is 14.0. The van der Waals surface area contributed by atoms with Crippen molar-refractivity contribution in [3.05, 3.63) is 30.3 Å². The van der Waals surface area contributed by atoms with Crippen molar-refractivity contribution >= 4 is 21.7 Å². The molecule has 2 heterocycles. The smallest absolute Gasteiger partial charge is 0.321 e. The molecule has 0 spiro atoms. The number of anilines is 1. The Morgan fingerprint density at radius 1 is 1.04 bits per heavy atom. The molecule has 0 saturated carbocycles. The van der Waals surface area contributed by atoms with Gasteiger partial charge in [0.1, 0.15) is 5.25 Å². The highest BCUT2D eigenvalue weighted by Crippen LogP contribution is 2.21. The molecule has 0 aliphatic carbocycles. The molecule has 3 N–H and O–H groups in total. The van der Waals surface area contributed by atoms with Crippen molar-refractivity contribution in [3.8, 4) is 0 Å². The van der Waals surface area contributed by atoms with Gasteiger partial charge in [0.2, 0.25) is 10.0 Å². The topological polar surface area (TPSA) is 93.8 Å². The van der Waals surface area contributed by atoms with Crippen LogP contribution in [0.5, 0.6) is 0 Å². The number of benzene rings is 1. The van der Waals surface area contributed by atoms with Crippen LogP contribution in [0, 0.1) is 0 Å². The lowest BCUT2D eigenvalue weighted by molar-refractivity contribution is 0.183. The summed E-state index contributed by atoms with van der Waals surface area (Å²) < 4.78 is 27.3. The van der Waals surface area contributed by atoms with Crippen molar-refractivity contribution in [3.63, 3.8) is 0 Å². The molecule has 0 bridgehead atoms. The van der Waals surface area contributed by atoms with Gasteiger partial charge in [-0.1, -0.05) is 18.2 Å². The lowest BCUT2D eigenvalue weighted by atomic mass is 10.2. The van der Waals surface area contributed by atoms with Crippen molar-refractivity contribution in [2.45, 2.75) is 31.2 Å². The maximum atomic E-state index is 12.9. The molecule has 8 nitrogen and oxygen atoms in total. The van der Waals surface area contributed by atoms with Gasteiger partial charge < -0.3 is 10.2 Å². The summed E-state index contributed by atoms with van der Waals surface area (Å²) in [6.45, 7) is 5.13. The van der Waals surface area contributed by atoms with E-state index in [1.807, 2.05) is 44.2 Å². The number of carbonyl (C=O) groups is 1. The minimum atomic E-state index is -3.42. The lowest BCUT2D eigenvalue weighted by Crippen LogP contribution is -2.55. The van der Waals surface area contributed by atoms with Crippen molar-refractivity contribution in [1.82, 2.24) is 20.1 Å². The molecule has 0 aromatic heterocycles. The third-order valence-corrected chi connectivity index (χ3v) is 7.37. The lowest BCUT2D eigenvalue weighted by Gasteiger charge is -2.36. The zero-order valence-electron chi connectivity index (χ0n) is 14.5. The number of sulfonamides is 1. The van der Waals surface area contributed by atoms with Crippen molar-refractivity contribution in [2.75, 3.05) is 31.5 Å². The average Bonchev–Trinajstić information content (AvgIpc) is 2.95. The predicted octanol–water partition coefficient (Wildman–Crippen LogP) is 0.419. The van der Waals surface area contributed by atoms with Gasteiger partial charge in [0.15, 0.2) is 0 Å². The Kier molecular flexibility index (Phi) is 5.28. The van der Waals surface area contributed by atoms with Gasteiger partial charge in [0, 0.05) is 44.0 Å². The van der Waals surface area contributed by atoms with E-state index in [1.54, 1.807) is 4.90 Å². The predicted molar refractivity (Wildman–Crippen MR) is 96.5 cm³/mol. The van der Waals surface area contributed by atoms with Crippen LogP contribution in [0.3, 0.4) is 0 Å². The van der Waals surface area contributed by atoms with Crippen molar-refractivity contribution in [2.24, 2.45) is 0 Å². The molecule has 2 unspecified atom stereocenters. The highest BCUT2D eigenvalue weighted by atomic mass is 32.2. The van der Waals surface area contributed by atoms with Gasteiger partial charge in [-0.3, -0.25) is 10.9 Å². The average molecular weight is 367 g/mol. The second kappa shape index (κ2) is 7.28. The molecule has 9 heteroatoms. The molecular formula is C16H25N5O3S. The quantitative estimate of drug-likeness (QED) is 0.720. The number of hydrogen-bond acceptors (Lipinski definition) is 5. The second-order valence-electron chi connectivity index (χ2n) is 6.56. The SMILES string of the molecule is CC1NNC(C)C1S(=O)(=O)N1CCN(C(=O)Nc2ccccc2)CC1. The van der Waals surface area contributed by atoms with E-state index in [0.29, 0.717) is 26.2 Å². The normalized spacial score (nSPS) is 28.1. The van der Waals surface area contributed by atoms with Gasteiger partial charge >= 0.3 is 6.03 Å². The molecule has 2 aliphatic heterocycles. The molecule has 0 radical (unpaired) electrons. The number of carbonyl (C=O) groups excluding carboxylic acids is 1. The molecule has 2 atom stereocenters. The van der Waals surface area contributed by atoms with Gasteiger partial charge in [0.25, 0.3) is 0 Å². The Balaban J connectivity index is 1.59. The molecule has 2 fully saturated rings. The Morgan fingerprint density at radius 2 is 1.60 bits per heavy atom. The fraction of sp³-hybridized carbons (Fsp3) is 0.562. The number of hydrazine groups is 1. The number of nitrogens with one attached hydrogen (secondary N) is 3. The first-order valence-corrected chi connectivity index (χ1v) is 10.0. The monoisotopic (exact) mass is 367 g/mol. The minimum absolute atomic E-state index is 0.153. The van der Waals surface area contributed by atoms with Crippen LogP contribution < -0.4 is 16.2 Å². The first-order valence-electron chi connectivity index (χ1n) is 8.50. The molecule has 1 aromatic rings. The van der Waals surface area contributed by atoms with E-state index in [-0.39, 0.29) is 18.1 Å². The third kappa shape index (κ3) is 3.79. The van der Waals surface area contributed by atoms with Crippen LogP contribution in [0.15, 0.2) is 30.3 Å². The Labute approximate surface area is 148 Å². The molecular weight excluding hydrogens is 342 g/mol. The van der Waals surface area contributed by atoms with E-state index >= 15 is 0 Å². The molecule has 1 aromatic carbocycles. The molecule has 25 heavy (non-hydrogen) atoms. The summed E-state index contributed by atoms with van der Waals surface area (Å²) in [5, 5.41) is 2.33. The van der Waals surface area contributed by atoms with E-state index in [9.17, 15) is 13.2 Å². The van der Waals surface area contributed by atoms with Crippen LogP contribution in [0.1, 0.15) is 13.8 Å². The minimum Gasteiger partial charge on any atom is -0.322 e. The van der Waals surface area contributed by atoms with E-state index in [4.69, 9.17) is 0 Å². The summed E-state index contributed by atoms with van der Waals surface area (Å²) in [5.74, 6) is 0. The molecule has 2 saturated heterocycles. The van der Waals surface area contributed by atoms with Gasteiger partial charge in [0.05, 0.1) is 0 Å². The zero-order valence-corrected chi connectivity index (χ0v) is 15.3. The summed E-state index contributed by atoms with van der Waals surface area (Å²) >= 11 is 0. The molecule has 3 rings (SSSR count). The first kappa shape index (κ1) is 18.1. The van der Waals surface area contributed by atoms with Crippen LogP contribution in [-0.2, 0) is 10.0 Å². The summed E-state index contributed by atoms with van der Waals surface area (Å²) in [6.07, 6.45) is 0. The molecule has 2 aliphatic rings. The third-order valence-electron chi connectivity index (χ3n) is 4.78. The molecule has 2 amide bonds. The van der Waals surface area contributed by atoms with Crippen LogP contribution in [0.4, 0.5) is 10.5 Å². The fourth-order valence-corrected chi connectivity index (χ4v) is 5.60. The van der Waals surface area contributed by atoms with Crippen LogP contribution in [0.2, 0.25) is 0 Å². The highest BCUT2D eigenvalue weighted by molar-refractivity contribution is 7.89. The Bertz CT molecular complexity index is 694. The van der Waals surface area contributed by atoms with Gasteiger partial charge in [-0.15, -0.1) is 0 Å². The van der Waals surface area contributed by atoms with Gasteiger partial charge in [-0.25, -0.2) is 13.2 Å². The summed E-state index contributed by atoms with van der Waals surface area (Å²) in [6, 6.07) is 8.72. The van der Waals surface area contributed by atoms with Crippen LogP contribution in [-0.4, -0.2) is 67.2 Å². The number of urea groups is 1. The van der Waals surface area contributed by atoms with E-state index in [2.05, 4.69) is 16.2 Å². The second-order valence-corrected chi connectivity index (χ2v) is 8.65.